The Labute approximate surface area is 189 Å². The summed E-state index contributed by atoms with van der Waals surface area (Å²) in [5.41, 5.74) is 1.48. The van der Waals surface area contributed by atoms with Crippen LogP contribution in [-0.2, 0) is 16.1 Å². The zero-order chi connectivity index (χ0) is 21.5. The van der Waals surface area contributed by atoms with Gasteiger partial charge in [-0.15, -0.1) is 11.3 Å². The maximum Gasteiger partial charge on any atom is 0.251 e. The molecule has 0 aliphatic carbocycles. The molecule has 2 N–H and O–H groups in total. The van der Waals surface area contributed by atoms with Gasteiger partial charge in [-0.2, -0.15) is 0 Å². The predicted molar refractivity (Wildman–Crippen MR) is 122 cm³/mol. The van der Waals surface area contributed by atoms with Gasteiger partial charge in [0.15, 0.2) is 5.16 Å². The lowest BCUT2D eigenvalue weighted by molar-refractivity contribution is -0.119. The normalized spacial score (nSPS) is 15.7. The van der Waals surface area contributed by atoms with Crippen molar-refractivity contribution in [1.82, 2.24) is 20.2 Å². The molecule has 31 heavy (non-hydrogen) atoms. The van der Waals surface area contributed by atoms with Gasteiger partial charge in [0, 0.05) is 41.7 Å². The zero-order valence-electron chi connectivity index (χ0n) is 17.0. The third-order valence-electron chi connectivity index (χ3n) is 4.90. The highest BCUT2D eigenvalue weighted by Gasteiger charge is 2.16. The second-order valence-corrected chi connectivity index (χ2v) is 9.09. The lowest BCUT2D eigenvalue weighted by atomic mass is 10.2. The average molecular weight is 457 g/mol. The SMILES string of the molecule is O=C(CSc1nccn1-c1ccc(C(=O)NCc2cccs2)cc1)NCC1CCCO1. The van der Waals surface area contributed by atoms with Gasteiger partial charge in [0.05, 0.1) is 18.4 Å². The molecule has 0 bridgehead atoms. The van der Waals surface area contributed by atoms with E-state index in [1.54, 1.807) is 29.7 Å². The number of hydrogen-bond acceptors (Lipinski definition) is 6. The molecule has 1 fully saturated rings. The summed E-state index contributed by atoms with van der Waals surface area (Å²) in [5.74, 6) is 0.142. The number of imidazole rings is 1. The Hall–Kier alpha value is -2.62. The van der Waals surface area contributed by atoms with Crippen molar-refractivity contribution in [2.75, 3.05) is 18.9 Å². The number of carbonyl (C=O) groups is 2. The number of benzene rings is 1. The Morgan fingerprint density at radius 3 is 2.84 bits per heavy atom. The maximum atomic E-state index is 12.4. The van der Waals surface area contributed by atoms with E-state index in [0.29, 0.717) is 18.7 Å². The lowest BCUT2D eigenvalue weighted by Crippen LogP contribution is -2.32. The largest absolute Gasteiger partial charge is 0.376 e. The van der Waals surface area contributed by atoms with Gasteiger partial charge in [-0.1, -0.05) is 17.8 Å². The molecule has 4 rings (SSSR count). The number of carbonyl (C=O) groups excluding carboxylic acids is 2. The second kappa shape index (κ2) is 10.6. The number of thioether (sulfide) groups is 1. The molecule has 0 saturated carbocycles. The minimum atomic E-state index is -0.108. The van der Waals surface area contributed by atoms with Crippen LogP contribution in [0.1, 0.15) is 28.1 Å². The molecule has 2 amide bonds. The molecule has 3 heterocycles. The van der Waals surface area contributed by atoms with Crippen molar-refractivity contribution in [3.05, 3.63) is 64.6 Å². The maximum absolute atomic E-state index is 12.4. The third-order valence-corrected chi connectivity index (χ3v) is 6.74. The molecule has 0 spiro atoms. The van der Waals surface area contributed by atoms with Crippen molar-refractivity contribution in [2.24, 2.45) is 0 Å². The van der Waals surface area contributed by atoms with E-state index in [-0.39, 0.29) is 23.7 Å². The first-order valence-corrected chi connectivity index (χ1v) is 12.0. The van der Waals surface area contributed by atoms with Gasteiger partial charge >= 0.3 is 0 Å². The fourth-order valence-corrected chi connectivity index (χ4v) is 4.71. The summed E-state index contributed by atoms with van der Waals surface area (Å²) in [6, 6.07) is 11.3. The molecule has 2 aromatic heterocycles. The summed E-state index contributed by atoms with van der Waals surface area (Å²) in [6.45, 7) is 1.86. The third kappa shape index (κ3) is 5.96. The van der Waals surface area contributed by atoms with Crippen LogP contribution >= 0.6 is 23.1 Å². The van der Waals surface area contributed by atoms with Crippen LogP contribution in [0.5, 0.6) is 0 Å². The number of nitrogens with zero attached hydrogens (tertiary/aromatic N) is 2. The lowest BCUT2D eigenvalue weighted by Gasteiger charge is -2.11. The highest BCUT2D eigenvalue weighted by atomic mass is 32.2. The minimum Gasteiger partial charge on any atom is -0.376 e. The van der Waals surface area contributed by atoms with E-state index in [4.69, 9.17) is 4.74 Å². The van der Waals surface area contributed by atoms with Gasteiger partial charge in [-0.25, -0.2) is 4.98 Å². The first-order valence-electron chi connectivity index (χ1n) is 10.1. The molecule has 162 valence electrons. The van der Waals surface area contributed by atoms with E-state index < -0.39 is 0 Å². The monoisotopic (exact) mass is 456 g/mol. The Kier molecular flexibility index (Phi) is 7.39. The summed E-state index contributed by atoms with van der Waals surface area (Å²) in [5, 5.41) is 8.56. The van der Waals surface area contributed by atoms with E-state index >= 15 is 0 Å². The van der Waals surface area contributed by atoms with E-state index in [2.05, 4.69) is 15.6 Å². The van der Waals surface area contributed by atoms with Crippen molar-refractivity contribution in [2.45, 2.75) is 30.6 Å². The van der Waals surface area contributed by atoms with Crippen molar-refractivity contribution in [1.29, 1.82) is 0 Å². The van der Waals surface area contributed by atoms with Crippen molar-refractivity contribution < 1.29 is 14.3 Å². The number of rotatable bonds is 9. The van der Waals surface area contributed by atoms with E-state index in [0.717, 1.165) is 35.2 Å². The summed E-state index contributed by atoms with van der Waals surface area (Å²) in [7, 11) is 0. The number of hydrogen-bond donors (Lipinski definition) is 2. The van der Waals surface area contributed by atoms with Gasteiger partial charge in [0.1, 0.15) is 0 Å². The standard InChI is InChI=1S/C22H24N4O3S2/c27-20(24-13-18-3-1-11-29-18)15-31-22-23-9-10-26(22)17-7-5-16(6-8-17)21(28)25-14-19-4-2-12-30-19/h2,4-10,12,18H,1,3,11,13-15H2,(H,24,27)(H,25,28). The molecule has 1 atom stereocenters. The van der Waals surface area contributed by atoms with E-state index in [1.807, 2.05) is 40.4 Å². The molecule has 9 heteroatoms. The number of aromatic nitrogens is 2. The molecule has 3 aromatic rings. The van der Waals surface area contributed by atoms with Crippen LogP contribution in [0.25, 0.3) is 5.69 Å². The fraction of sp³-hybridized carbons (Fsp3) is 0.318. The van der Waals surface area contributed by atoms with Crippen molar-refractivity contribution in [3.8, 4) is 5.69 Å². The highest BCUT2D eigenvalue weighted by Crippen LogP contribution is 2.21. The molecule has 0 radical (unpaired) electrons. The summed E-state index contributed by atoms with van der Waals surface area (Å²) < 4.78 is 7.43. The van der Waals surface area contributed by atoms with E-state index in [9.17, 15) is 9.59 Å². The average Bonchev–Trinajstić information content (AvgIpc) is 3.57. The highest BCUT2D eigenvalue weighted by molar-refractivity contribution is 7.99. The number of thiophene rings is 1. The van der Waals surface area contributed by atoms with E-state index in [1.165, 1.54) is 11.8 Å². The van der Waals surface area contributed by atoms with Gasteiger partial charge in [-0.3, -0.25) is 14.2 Å². The molecule has 1 aliphatic rings. The molecule has 1 unspecified atom stereocenters. The molecular weight excluding hydrogens is 432 g/mol. The molecule has 1 saturated heterocycles. The molecule has 1 aromatic carbocycles. The first kappa shape index (κ1) is 21.6. The summed E-state index contributed by atoms with van der Waals surface area (Å²) >= 11 is 2.99. The minimum absolute atomic E-state index is 0.0344. The Morgan fingerprint density at radius 1 is 1.23 bits per heavy atom. The van der Waals surface area contributed by atoms with Crippen LogP contribution < -0.4 is 10.6 Å². The van der Waals surface area contributed by atoms with Gasteiger partial charge in [0.2, 0.25) is 5.91 Å². The number of ether oxygens (including phenoxy) is 1. The Morgan fingerprint density at radius 2 is 2.10 bits per heavy atom. The van der Waals surface area contributed by atoms with Crippen LogP contribution in [0.4, 0.5) is 0 Å². The van der Waals surface area contributed by atoms with Crippen LogP contribution in [0, 0.1) is 0 Å². The summed E-state index contributed by atoms with van der Waals surface area (Å²) in [4.78, 5) is 30.0. The van der Waals surface area contributed by atoms with Crippen molar-refractivity contribution >= 4 is 34.9 Å². The Bertz CT molecular complexity index is 996. The van der Waals surface area contributed by atoms with Gasteiger partial charge in [0.25, 0.3) is 5.91 Å². The molecule has 1 aliphatic heterocycles. The van der Waals surface area contributed by atoms with Crippen LogP contribution in [0.2, 0.25) is 0 Å². The topological polar surface area (TPSA) is 85.2 Å². The quantitative estimate of drug-likeness (QED) is 0.483. The fourth-order valence-electron chi connectivity index (χ4n) is 3.26. The molecule has 7 nitrogen and oxygen atoms in total. The first-order chi connectivity index (χ1) is 15.2. The number of amides is 2. The van der Waals surface area contributed by atoms with Crippen LogP contribution in [0.15, 0.2) is 59.3 Å². The smallest absolute Gasteiger partial charge is 0.251 e. The summed E-state index contributed by atoms with van der Waals surface area (Å²) in [6.07, 6.45) is 5.74. The van der Waals surface area contributed by atoms with Crippen molar-refractivity contribution in [3.63, 3.8) is 0 Å². The molecular formula is C22H24N4O3S2. The Balaban J connectivity index is 1.30. The van der Waals surface area contributed by atoms with Crippen LogP contribution in [0.3, 0.4) is 0 Å². The number of nitrogens with one attached hydrogen (secondary N) is 2. The van der Waals surface area contributed by atoms with Crippen LogP contribution in [-0.4, -0.2) is 46.4 Å². The second-order valence-electron chi connectivity index (χ2n) is 7.12. The van der Waals surface area contributed by atoms with Gasteiger partial charge in [-0.05, 0) is 48.6 Å². The zero-order valence-corrected chi connectivity index (χ0v) is 18.6. The predicted octanol–water partition coefficient (Wildman–Crippen LogP) is 3.25. The van der Waals surface area contributed by atoms with Gasteiger partial charge < -0.3 is 15.4 Å².